The van der Waals surface area contributed by atoms with E-state index in [0.717, 1.165) is 11.3 Å². The van der Waals surface area contributed by atoms with Crippen LogP contribution in [0.1, 0.15) is 28.8 Å². The van der Waals surface area contributed by atoms with Crippen LogP contribution >= 0.6 is 0 Å². The first-order chi connectivity index (χ1) is 11.2. The number of rotatable bonds is 8. The summed E-state index contributed by atoms with van der Waals surface area (Å²) < 4.78 is 12.9. The van der Waals surface area contributed by atoms with Crippen LogP contribution in [0.4, 0.5) is 4.39 Å². The molecule has 0 bridgehead atoms. The Morgan fingerprint density at radius 3 is 2.43 bits per heavy atom. The van der Waals surface area contributed by atoms with Gasteiger partial charge in [0.05, 0.1) is 0 Å². The van der Waals surface area contributed by atoms with Crippen molar-refractivity contribution in [2.45, 2.75) is 19.4 Å². The second-order valence-corrected chi connectivity index (χ2v) is 5.21. The van der Waals surface area contributed by atoms with Gasteiger partial charge in [-0.15, -0.1) is 0 Å². The number of nitrogens with one attached hydrogen (secondary N) is 1. The molecule has 0 unspecified atom stereocenters. The minimum atomic E-state index is -0.367. The first-order valence-electron chi connectivity index (χ1n) is 7.58. The predicted molar refractivity (Wildman–Crippen MR) is 88.4 cm³/mol. The zero-order valence-corrected chi connectivity index (χ0v) is 12.8. The van der Waals surface area contributed by atoms with Crippen molar-refractivity contribution in [3.05, 3.63) is 83.3 Å². The van der Waals surface area contributed by atoms with Crippen LogP contribution < -0.4 is 5.32 Å². The number of hydrogen-bond donors (Lipinski definition) is 2. The molecule has 2 N–H and O–H groups in total. The van der Waals surface area contributed by atoms with E-state index in [1.54, 1.807) is 0 Å². The van der Waals surface area contributed by atoms with Gasteiger partial charge in [-0.2, -0.15) is 0 Å². The fourth-order valence-corrected chi connectivity index (χ4v) is 2.15. The van der Waals surface area contributed by atoms with Crippen molar-refractivity contribution in [3.63, 3.8) is 0 Å². The molecule has 4 heteroatoms. The minimum absolute atomic E-state index is 0.0646. The van der Waals surface area contributed by atoms with Crippen LogP contribution in [0.5, 0.6) is 0 Å². The Morgan fingerprint density at radius 2 is 1.78 bits per heavy atom. The lowest BCUT2D eigenvalue weighted by molar-refractivity contribution is 0.104. The Hall–Kier alpha value is -2.46. The number of benzene rings is 2. The van der Waals surface area contributed by atoms with Crippen molar-refractivity contribution in [1.29, 1.82) is 0 Å². The third-order valence-corrected chi connectivity index (χ3v) is 3.40. The van der Waals surface area contributed by atoms with E-state index in [9.17, 15) is 9.18 Å². The summed E-state index contributed by atoms with van der Waals surface area (Å²) >= 11 is 0. The van der Waals surface area contributed by atoms with Crippen LogP contribution in [-0.4, -0.2) is 17.5 Å². The van der Waals surface area contributed by atoms with Crippen LogP contribution in [-0.2, 0) is 6.54 Å². The molecule has 0 aliphatic rings. The number of aliphatic hydroxyl groups is 1. The van der Waals surface area contributed by atoms with Gasteiger partial charge in [0.2, 0.25) is 0 Å². The van der Waals surface area contributed by atoms with Crippen molar-refractivity contribution in [1.82, 2.24) is 5.32 Å². The van der Waals surface area contributed by atoms with Crippen LogP contribution in [0.3, 0.4) is 0 Å². The zero-order valence-electron chi connectivity index (χ0n) is 12.8. The van der Waals surface area contributed by atoms with Gasteiger partial charge in [-0.05, 0) is 42.7 Å². The third-order valence-electron chi connectivity index (χ3n) is 3.40. The molecule has 0 aromatic heterocycles. The second kappa shape index (κ2) is 8.86. The molecule has 2 aromatic rings. The van der Waals surface area contributed by atoms with Gasteiger partial charge in [0, 0.05) is 30.5 Å². The number of carbonyl (C=O) groups excluding carboxylic acids is 1. The molecule has 3 nitrogen and oxygen atoms in total. The van der Waals surface area contributed by atoms with E-state index in [0.29, 0.717) is 24.9 Å². The van der Waals surface area contributed by atoms with E-state index in [1.807, 2.05) is 30.3 Å². The highest BCUT2D eigenvalue weighted by molar-refractivity contribution is 6.04. The van der Waals surface area contributed by atoms with E-state index < -0.39 is 0 Å². The molecular weight excluding hydrogens is 293 g/mol. The number of ketones is 1. The molecule has 0 saturated heterocycles. The average molecular weight is 313 g/mol. The Kier molecular flexibility index (Phi) is 6.51. The normalized spacial score (nSPS) is 11.3. The molecule has 0 radical (unpaired) electrons. The molecule has 0 aliphatic carbocycles. The lowest BCUT2D eigenvalue weighted by Crippen LogP contribution is -2.15. The molecule has 0 amide bonds. The molecule has 0 fully saturated rings. The summed E-state index contributed by atoms with van der Waals surface area (Å²) in [6.45, 7) is 0.671. The van der Waals surface area contributed by atoms with E-state index in [1.165, 1.54) is 30.3 Å². The number of allylic oxidation sites excluding steroid dienone is 2. The molecule has 0 aliphatic heterocycles. The number of aliphatic hydroxyl groups excluding tert-OH is 1. The summed E-state index contributed by atoms with van der Waals surface area (Å²) in [5.74, 6) is -0.549. The Labute approximate surface area is 135 Å². The smallest absolute Gasteiger partial charge is 0.187 e. The monoisotopic (exact) mass is 313 g/mol. The largest absolute Gasteiger partial charge is 0.396 e. The van der Waals surface area contributed by atoms with E-state index in [2.05, 4.69) is 5.32 Å². The lowest BCUT2D eigenvalue weighted by atomic mass is 10.1. The number of halogens is 1. The van der Waals surface area contributed by atoms with Crippen LogP contribution in [0, 0.1) is 5.82 Å². The highest BCUT2D eigenvalue weighted by Crippen LogP contribution is 2.09. The van der Waals surface area contributed by atoms with E-state index >= 15 is 0 Å². The molecule has 120 valence electrons. The topological polar surface area (TPSA) is 49.3 Å². The zero-order chi connectivity index (χ0) is 16.5. The maximum atomic E-state index is 12.9. The van der Waals surface area contributed by atoms with Crippen molar-refractivity contribution < 1.29 is 14.3 Å². The highest BCUT2D eigenvalue weighted by Gasteiger charge is 2.06. The van der Waals surface area contributed by atoms with Crippen molar-refractivity contribution in [2.75, 3.05) is 6.61 Å². The summed E-state index contributed by atoms with van der Waals surface area (Å²) in [5.41, 5.74) is 2.31. The fraction of sp³-hybridized carbons (Fsp3) is 0.211. The maximum Gasteiger partial charge on any atom is 0.187 e. The summed E-state index contributed by atoms with van der Waals surface area (Å²) in [4.78, 5) is 12.2. The summed E-state index contributed by atoms with van der Waals surface area (Å²) in [6.07, 6.45) is 2.67. The SMILES string of the molecule is O=C(/C=C(\CCCO)NCc1ccccc1)c1ccc(F)cc1. The Morgan fingerprint density at radius 1 is 1.09 bits per heavy atom. The van der Waals surface area contributed by atoms with Gasteiger partial charge >= 0.3 is 0 Å². The third kappa shape index (κ3) is 5.68. The predicted octanol–water partition coefficient (Wildman–Crippen LogP) is 3.45. The van der Waals surface area contributed by atoms with Gasteiger partial charge in [0.15, 0.2) is 5.78 Å². The van der Waals surface area contributed by atoms with Crippen molar-refractivity contribution >= 4 is 5.78 Å². The average Bonchev–Trinajstić information content (AvgIpc) is 2.58. The van der Waals surface area contributed by atoms with E-state index in [-0.39, 0.29) is 18.2 Å². The van der Waals surface area contributed by atoms with Crippen LogP contribution in [0.15, 0.2) is 66.4 Å². The summed E-state index contributed by atoms with van der Waals surface area (Å²) in [7, 11) is 0. The second-order valence-electron chi connectivity index (χ2n) is 5.21. The van der Waals surface area contributed by atoms with E-state index in [4.69, 9.17) is 5.11 Å². The van der Waals surface area contributed by atoms with Gasteiger partial charge in [0.1, 0.15) is 5.82 Å². The summed E-state index contributed by atoms with van der Waals surface area (Å²) in [5, 5.41) is 12.2. The number of carbonyl (C=O) groups is 1. The van der Waals surface area contributed by atoms with Gasteiger partial charge in [0.25, 0.3) is 0 Å². The Bertz CT molecular complexity index is 651. The lowest BCUT2D eigenvalue weighted by Gasteiger charge is -2.11. The van der Waals surface area contributed by atoms with Gasteiger partial charge < -0.3 is 10.4 Å². The molecule has 0 saturated carbocycles. The molecule has 23 heavy (non-hydrogen) atoms. The quantitative estimate of drug-likeness (QED) is 0.580. The minimum Gasteiger partial charge on any atom is -0.396 e. The molecule has 2 aromatic carbocycles. The molecule has 0 spiro atoms. The maximum absolute atomic E-state index is 12.9. The van der Waals surface area contributed by atoms with Crippen LogP contribution in [0.2, 0.25) is 0 Å². The van der Waals surface area contributed by atoms with Crippen LogP contribution in [0.25, 0.3) is 0 Å². The standard InChI is InChI=1S/C19H20FNO2/c20-17-10-8-16(9-11-17)19(23)13-18(7-4-12-22)21-14-15-5-2-1-3-6-15/h1-3,5-6,8-11,13,21-22H,4,7,12,14H2/b18-13+. The first-order valence-corrected chi connectivity index (χ1v) is 7.58. The Balaban J connectivity index is 2.06. The molecule has 0 heterocycles. The first kappa shape index (κ1) is 16.9. The van der Waals surface area contributed by atoms with Crippen molar-refractivity contribution in [3.8, 4) is 0 Å². The van der Waals surface area contributed by atoms with Crippen molar-refractivity contribution in [2.24, 2.45) is 0 Å². The van der Waals surface area contributed by atoms with Gasteiger partial charge in [-0.1, -0.05) is 30.3 Å². The van der Waals surface area contributed by atoms with Gasteiger partial charge in [-0.25, -0.2) is 4.39 Å². The fourth-order valence-electron chi connectivity index (χ4n) is 2.15. The molecular formula is C19H20FNO2. The number of hydrogen-bond acceptors (Lipinski definition) is 3. The van der Waals surface area contributed by atoms with Gasteiger partial charge in [-0.3, -0.25) is 4.79 Å². The summed E-state index contributed by atoms with van der Waals surface area (Å²) in [6, 6.07) is 15.3. The highest BCUT2D eigenvalue weighted by atomic mass is 19.1. The molecule has 0 atom stereocenters. The molecule has 2 rings (SSSR count).